The second-order valence-electron chi connectivity index (χ2n) is 6.29. The number of likely N-dealkylation sites (tertiary alicyclic amines) is 1. The summed E-state index contributed by atoms with van der Waals surface area (Å²) in [4.78, 5) is 4.81. The average Bonchev–Trinajstić information content (AvgIpc) is 2.28. The van der Waals surface area contributed by atoms with Crippen LogP contribution < -0.4 is 0 Å². The Kier molecular flexibility index (Phi) is 5.42. The number of rotatable bonds is 5. The van der Waals surface area contributed by atoms with Gasteiger partial charge in [0.05, 0.1) is 11.5 Å². The Balaban J connectivity index is 2.22. The predicted molar refractivity (Wildman–Crippen MR) is 71.7 cm³/mol. The van der Waals surface area contributed by atoms with E-state index in [0.717, 1.165) is 18.9 Å². The number of nitriles is 1. The second-order valence-corrected chi connectivity index (χ2v) is 6.29. The van der Waals surface area contributed by atoms with Crippen molar-refractivity contribution in [2.24, 2.45) is 11.3 Å². The molecule has 1 saturated heterocycles. The highest BCUT2D eigenvalue weighted by atomic mass is 15.1. The molecular formula is C14H27N3. The van der Waals surface area contributed by atoms with E-state index >= 15 is 0 Å². The number of hydrogen-bond donors (Lipinski definition) is 0. The second kappa shape index (κ2) is 6.37. The van der Waals surface area contributed by atoms with E-state index in [1.54, 1.807) is 0 Å². The minimum atomic E-state index is -0.166. The minimum Gasteiger partial charge on any atom is -0.309 e. The maximum Gasteiger partial charge on any atom is 0.0684 e. The molecule has 1 aliphatic rings. The third kappa shape index (κ3) is 5.52. The maximum absolute atomic E-state index is 8.99. The lowest BCUT2D eigenvalue weighted by molar-refractivity contribution is 0.152. The van der Waals surface area contributed by atoms with E-state index < -0.39 is 0 Å². The number of nitrogens with zero attached hydrogens (tertiary/aromatic N) is 3. The summed E-state index contributed by atoms with van der Waals surface area (Å²) in [6.07, 6.45) is 3.61. The molecule has 0 aliphatic carbocycles. The fourth-order valence-electron chi connectivity index (χ4n) is 2.40. The topological polar surface area (TPSA) is 30.3 Å². The zero-order chi connectivity index (χ0) is 12.9. The Morgan fingerprint density at radius 2 is 1.88 bits per heavy atom. The lowest BCUT2D eigenvalue weighted by Gasteiger charge is -2.34. The van der Waals surface area contributed by atoms with Crippen molar-refractivity contribution < 1.29 is 0 Å². The van der Waals surface area contributed by atoms with E-state index in [1.165, 1.54) is 32.5 Å². The summed E-state index contributed by atoms with van der Waals surface area (Å²) in [5.74, 6) is 0.866. The van der Waals surface area contributed by atoms with Gasteiger partial charge in [-0.2, -0.15) is 5.26 Å². The highest BCUT2D eigenvalue weighted by molar-refractivity contribution is 4.92. The Morgan fingerprint density at radius 1 is 1.29 bits per heavy atom. The fourth-order valence-corrected chi connectivity index (χ4v) is 2.40. The third-order valence-electron chi connectivity index (χ3n) is 3.69. The van der Waals surface area contributed by atoms with Gasteiger partial charge in [-0.05, 0) is 72.8 Å². The molecule has 0 unspecified atom stereocenters. The molecule has 1 fully saturated rings. The first-order valence-corrected chi connectivity index (χ1v) is 6.71. The van der Waals surface area contributed by atoms with E-state index in [0.29, 0.717) is 0 Å². The predicted octanol–water partition coefficient (Wildman–Crippen LogP) is 2.20. The molecule has 3 nitrogen and oxygen atoms in total. The largest absolute Gasteiger partial charge is 0.309 e. The normalized spacial score (nSPS) is 19.5. The quantitative estimate of drug-likeness (QED) is 0.734. The van der Waals surface area contributed by atoms with Crippen molar-refractivity contribution >= 4 is 0 Å². The first kappa shape index (κ1) is 14.5. The zero-order valence-electron chi connectivity index (χ0n) is 11.9. The van der Waals surface area contributed by atoms with Crippen LogP contribution in [0.15, 0.2) is 0 Å². The van der Waals surface area contributed by atoms with Crippen molar-refractivity contribution in [1.29, 1.82) is 5.26 Å². The molecule has 0 bridgehead atoms. The lowest BCUT2D eigenvalue weighted by Crippen LogP contribution is -2.38. The van der Waals surface area contributed by atoms with E-state index in [2.05, 4.69) is 30.0 Å². The highest BCUT2D eigenvalue weighted by Crippen LogP contribution is 2.22. The summed E-state index contributed by atoms with van der Waals surface area (Å²) in [6.45, 7) is 8.78. The number of hydrogen-bond acceptors (Lipinski definition) is 3. The smallest absolute Gasteiger partial charge is 0.0684 e. The van der Waals surface area contributed by atoms with Gasteiger partial charge in [0.1, 0.15) is 0 Å². The minimum absolute atomic E-state index is 0.166. The van der Waals surface area contributed by atoms with Crippen LogP contribution in [-0.4, -0.2) is 50.1 Å². The molecule has 0 aromatic carbocycles. The fraction of sp³-hybridized carbons (Fsp3) is 0.929. The summed E-state index contributed by atoms with van der Waals surface area (Å²) < 4.78 is 0. The van der Waals surface area contributed by atoms with Gasteiger partial charge in [0.15, 0.2) is 0 Å². The number of piperidine rings is 1. The Labute approximate surface area is 106 Å². The van der Waals surface area contributed by atoms with Gasteiger partial charge in [0, 0.05) is 6.54 Å². The molecule has 17 heavy (non-hydrogen) atoms. The maximum atomic E-state index is 8.99. The molecule has 0 spiro atoms. The summed E-state index contributed by atoms with van der Waals surface area (Å²) in [5.41, 5.74) is -0.166. The first-order chi connectivity index (χ1) is 7.93. The van der Waals surface area contributed by atoms with Gasteiger partial charge in [-0.3, -0.25) is 0 Å². The molecule has 0 saturated carbocycles. The standard InChI is InChI=1S/C14H27N3/c1-14(2,12-15)7-10-17-8-5-13(6-9-17)11-16(3)4/h13H,5-11H2,1-4H3. The van der Waals surface area contributed by atoms with Crippen molar-refractivity contribution in [3.05, 3.63) is 0 Å². The van der Waals surface area contributed by atoms with Crippen LogP contribution in [-0.2, 0) is 0 Å². The van der Waals surface area contributed by atoms with Crippen LogP contribution in [0, 0.1) is 22.7 Å². The van der Waals surface area contributed by atoms with E-state index in [9.17, 15) is 0 Å². The van der Waals surface area contributed by atoms with Gasteiger partial charge in [-0.15, -0.1) is 0 Å². The first-order valence-electron chi connectivity index (χ1n) is 6.71. The average molecular weight is 237 g/mol. The van der Waals surface area contributed by atoms with Gasteiger partial charge in [0.25, 0.3) is 0 Å². The van der Waals surface area contributed by atoms with Crippen LogP contribution in [0.2, 0.25) is 0 Å². The molecule has 1 heterocycles. The van der Waals surface area contributed by atoms with Crippen molar-refractivity contribution in [3.8, 4) is 6.07 Å². The van der Waals surface area contributed by atoms with Gasteiger partial charge in [0.2, 0.25) is 0 Å². The van der Waals surface area contributed by atoms with Crippen molar-refractivity contribution in [2.75, 3.05) is 40.3 Å². The van der Waals surface area contributed by atoms with E-state index in [4.69, 9.17) is 5.26 Å². The van der Waals surface area contributed by atoms with Gasteiger partial charge in [-0.1, -0.05) is 0 Å². The van der Waals surface area contributed by atoms with Gasteiger partial charge < -0.3 is 9.80 Å². The van der Waals surface area contributed by atoms with Gasteiger partial charge in [-0.25, -0.2) is 0 Å². The molecule has 0 aromatic heterocycles. The molecule has 3 heteroatoms. The molecule has 1 aliphatic heterocycles. The van der Waals surface area contributed by atoms with Crippen molar-refractivity contribution in [1.82, 2.24) is 9.80 Å². The Hall–Kier alpha value is -0.590. The van der Waals surface area contributed by atoms with Crippen LogP contribution >= 0.6 is 0 Å². The molecule has 0 radical (unpaired) electrons. The Morgan fingerprint density at radius 3 is 2.35 bits per heavy atom. The summed E-state index contributed by atoms with van der Waals surface area (Å²) in [7, 11) is 4.31. The van der Waals surface area contributed by atoms with Gasteiger partial charge >= 0.3 is 0 Å². The summed E-state index contributed by atoms with van der Waals surface area (Å²) >= 11 is 0. The Bertz CT molecular complexity index is 257. The van der Waals surface area contributed by atoms with Crippen LogP contribution in [0.25, 0.3) is 0 Å². The lowest BCUT2D eigenvalue weighted by atomic mass is 9.90. The van der Waals surface area contributed by atoms with Crippen molar-refractivity contribution in [3.63, 3.8) is 0 Å². The van der Waals surface area contributed by atoms with E-state index in [1.807, 2.05) is 13.8 Å². The van der Waals surface area contributed by atoms with Crippen LogP contribution in [0.5, 0.6) is 0 Å². The highest BCUT2D eigenvalue weighted by Gasteiger charge is 2.22. The molecule has 1 rings (SSSR count). The van der Waals surface area contributed by atoms with Crippen LogP contribution in [0.4, 0.5) is 0 Å². The molecule has 0 aromatic rings. The molecule has 0 atom stereocenters. The SMILES string of the molecule is CN(C)CC1CCN(CCC(C)(C)C#N)CC1. The molecule has 98 valence electrons. The zero-order valence-corrected chi connectivity index (χ0v) is 11.9. The van der Waals surface area contributed by atoms with E-state index in [-0.39, 0.29) is 5.41 Å². The molecular weight excluding hydrogens is 210 g/mol. The summed E-state index contributed by atoms with van der Waals surface area (Å²) in [5, 5.41) is 8.99. The molecule has 0 amide bonds. The van der Waals surface area contributed by atoms with Crippen molar-refractivity contribution in [2.45, 2.75) is 33.1 Å². The third-order valence-corrected chi connectivity index (χ3v) is 3.69. The molecule has 0 N–H and O–H groups in total. The van der Waals surface area contributed by atoms with Crippen LogP contribution in [0.1, 0.15) is 33.1 Å². The monoisotopic (exact) mass is 237 g/mol. The van der Waals surface area contributed by atoms with Crippen LogP contribution in [0.3, 0.4) is 0 Å². The summed E-state index contributed by atoms with van der Waals surface area (Å²) in [6, 6.07) is 2.38.